The van der Waals surface area contributed by atoms with Gasteiger partial charge in [0.25, 0.3) is 5.91 Å². The molecule has 2 aromatic rings. The van der Waals surface area contributed by atoms with E-state index < -0.39 is 12.2 Å². The molecule has 0 saturated carbocycles. The van der Waals surface area contributed by atoms with Gasteiger partial charge in [-0.25, -0.2) is 9.59 Å². The molecule has 2 N–H and O–H groups in total. The number of amides is 4. The van der Waals surface area contributed by atoms with Gasteiger partial charge in [0.1, 0.15) is 5.75 Å². The lowest BCUT2D eigenvalue weighted by Gasteiger charge is -2.41. The molecule has 0 radical (unpaired) electrons. The van der Waals surface area contributed by atoms with E-state index in [0.717, 1.165) is 49.2 Å². The minimum absolute atomic E-state index is 0.0225. The molecule has 2 aromatic carbocycles. The number of nitrogens with one attached hydrogen (secondary N) is 1. The first-order valence-electron chi connectivity index (χ1n) is 16.9. The van der Waals surface area contributed by atoms with Crippen molar-refractivity contribution in [3.63, 3.8) is 0 Å². The van der Waals surface area contributed by atoms with E-state index in [0.29, 0.717) is 61.6 Å². The van der Waals surface area contributed by atoms with Crippen molar-refractivity contribution in [2.45, 2.75) is 82.9 Å². The van der Waals surface area contributed by atoms with Crippen molar-refractivity contribution in [1.82, 2.24) is 19.6 Å². The Bertz CT molecular complexity index is 1390. The van der Waals surface area contributed by atoms with E-state index >= 15 is 0 Å². The largest absolute Gasteiger partial charge is 0.506 e. The van der Waals surface area contributed by atoms with E-state index in [9.17, 15) is 19.5 Å². The molecule has 248 valence electrons. The van der Waals surface area contributed by atoms with Crippen molar-refractivity contribution < 1.29 is 24.2 Å². The third-order valence-electron chi connectivity index (χ3n) is 10.2. The number of para-hydroxylation sites is 1. The predicted molar refractivity (Wildman–Crippen MR) is 180 cm³/mol. The lowest BCUT2D eigenvalue weighted by molar-refractivity contribution is -0.142. The first-order valence-corrected chi connectivity index (χ1v) is 17.7. The lowest BCUT2D eigenvalue weighted by atomic mass is 9.98. The molecule has 46 heavy (non-hydrogen) atoms. The topological polar surface area (TPSA) is 106 Å². The van der Waals surface area contributed by atoms with Crippen LogP contribution >= 0.6 is 15.9 Å². The Morgan fingerprint density at radius 3 is 2.33 bits per heavy atom. The van der Waals surface area contributed by atoms with Gasteiger partial charge in [-0.15, -0.1) is 0 Å². The minimum atomic E-state index is -0.970. The van der Waals surface area contributed by atoms with Gasteiger partial charge >= 0.3 is 12.1 Å². The van der Waals surface area contributed by atoms with Crippen molar-refractivity contribution in [3.8, 4) is 5.75 Å². The normalized spacial score (nSPS) is 20.9. The molecule has 1 atom stereocenters. The van der Waals surface area contributed by atoms with E-state index in [1.807, 2.05) is 47.1 Å². The van der Waals surface area contributed by atoms with Crippen LogP contribution in [0.15, 0.2) is 40.9 Å². The van der Waals surface area contributed by atoms with Gasteiger partial charge in [0.2, 0.25) is 0 Å². The highest BCUT2D eigenvalue weighted by molar-refractivity contribution is 9.10. The van der Waals surface area contributed by atoms with Gasteiger partial charge in [0.05, 0.1) is 4.47 Å². The summed E-state index contributed by atoms with van der Waals surface area (Å²) in [6.07, 6.45) is 6.47. The highest BCUT2D eigenvalue weighted by Gasteiger charge is 2.36. The minimum Gasteiger partial charge on any atom is -0.506 e. The molecule has 0 aromatic heterocycles. The number of ether oxygens (including phenoxy) is 1. The number of carbonyl (C=O) groups is 3. The molecular weight excluding hydrogens is 650 g/mol. The molecule has 4 aliphatic heterocycles. The number of anilines is 1. The molecule has 0 spiro atoms. The number of likely N-dealkylation sites (tertiary alicyclic amines) is 3. The molecule has 0 unspecified atom stereocenters. The number of hydrogen-bond donors (Lipinski definition) is 2. The second-order valence-corrected chi connectivity index (χ2v) is 14.1. The standard InChI is InChI=1S/C35H46BrN5O5/c1-24-21-25(22-29(36)32(24)42)23-31(33(43)39-16-10-27(11-17-39)38-14-5-2-6-15-38)46-35(45)40-18-12-28(13-19-40)41-20-9-26-7-3-4-8-30(26)37-34(41)44/h3-4,7-8,21-22,27-28,31,42H,2,5-6,9-20,23H2,1H3,(H,37,44)/t31-/m1/s1. The molecule has 4 aliphatic rings. The van der Waals surface area contributed by atoms with Crippen LogP contribution in [0, 0.1) is 6.92 Å². The maximum atomic E-state index is 14.0. The fraction of sp³-hybridized carbons (Fsp3) is 0.571. The number of fused-ring (bicyclic) bond motifs is 1. The Labute approximate surface area is 280 Å². The third-order valence-corrected chi connectivity index (χ3v) is 10.8. The Morgan fingerprint density at radius 2 is 1.61 bits per heavy atom. The zero-order chi connectivity index (χ0) is 32.2. The number of aryl methyl sites for hydroxylation is 1. The average Bonchev–Trinajstić information content (AvgIpc) is 3.25. The monoisotopic (exact) mass is 695 g/mol. The third kappa shape index (κ3) is 7.46. The molecule has 0 aliphatic carbocycles. The molecular formula is C35H46BrN5O5. The number of phenolic OH excluding ortho intramolecular Hbond substituents is 1. The number of piperidine rings is 3. The number of urea groups is 1. The highest BCUT2D eigenvalue weighted by Crippen LogP contribution is 2.31. The number of halogens is 1. The molecule has 0 bridgehead atoms. The highest BCUT2D eigenvalue weighted by atomic mass is 79.9. The second kappa shape index (κ2) is 14.6. The fourth-order valence-corrected chi connectivity index (χ4v) is 8.16. The van der Waals surface area contributed by atoms with Gasteiger partial charge in [0, 0.05) is 56.9 Å². The van der Waals surface area contributed by atoms with Crippen molar-refractivity contribution >= 4 is 39.6 Å². The molecule has 6 rings (SSSR count). The smallest absolute Gasteiger partial charge is 0.410 e. The summed E-state index contributed by atoms with van der Waals surface area (Å²) >= 11 is 3.42. The fourth-order valence-electron chi connectivity index (χ4n) is 7.55. The van der Waals surface area contributed by atoms with Crippen LogP contribution < -0.4 is 5.32 Å². The number of hydrogen-bond acceptors (Lipinski definition) is 6. The molecule has 3 saturated heterocycles. The van der Waals surface area contributed by atoms with Gasteiger partial charge < -0.3 is 34.8 Å². The van der Waals surface area contributed by atoms with Crippen LogP contribution in [0.4, 0.5) is 15.3 Å². The summed E-state index contributed by atoms with van der Waals surface area (Å²) in [5.74, 6) is -0.00349. The van der Waals surface area contributed by atoms with Crippen molar-refractivity contribution in [2.75, 3.05) is 51.1 Å². The van der Waals surface area contributed by atoms with Crippen LogP contribution in [-0.4, -0.2) is 107 Å². The summed E-state index contributed by atoms with van der Waals surface area (Å²) in [4.78, 5) is 48.6. The van der Waals surface area contributed by atoms with Crippen LogP contribution in [0.3, 0.4) is 0 Å². The Morgan fingerprint density at radius 1 is 0.935 bits per heavy atom. The van der Waals surface area contributed by atoms with E-state index in [4.69, 9.17) is 4.74 Å². The number of nitrogens with zero attached hydrogens (tertiary/aromatic N) is 4. The zero-order valence-corrected chi connectivity index (χ0v) is 28.3. The van der Waals surface area contributed by atoms with Gasteiger partial charge in [-0.3, -0.25) is 4.79 Å². The van der Waals surface area contributed by atoms with Crippen LogP contribution in [0.5, 0.6) is 5.75 Å². The molecule has 10 nitrogen and oxygen atoms in total. The van der Waals surface area contributed by atoms with Crippen LogP contribution in [0.25, 0.3) is 0 Å². The Kier molecular flexibility index (Phi) is 10.4. The van der Waals surface area contributed by atoms with Crippen molar-refractivity contribution in [1.29, 1.82) is 0 Å². The number of aromatic hydroxyl groups is 1. The molecule has 11 heteroatoms. The summed E-state index contributed by atoms with van der Waals surface area (Å²) in [5, 5.41) is 13.3. The number of phenols is 1. The average molecular weight is 697 g/mol. The Hall–Kier alpha value is -3.31. The summed E-state index contributed by atoms with van der Waals surface area (Å²) in [5.41, 5.74) is 3.48. The van der Waals surface area contributed by atoms with Crippen LogP contribution in [-0.2, 0) is 22.4 Å². The molecule has 3 fully saturated rings. The second-order valence-electron chi connectivity index (χ2n) is 13.2. The predicted octanol–water partition coefficient (Wildman–Crippen LogP) is 5.54. The molecule has 4 heterocycles. The Balaban J connectivity index is 1.09. The molecule has 4 amide bonds. The van der Waals surface area contributed by atoms with Gasteiger partial charge in [0.15, 0.2) is 6.10 Å². The SMILES string of the molecule is Cc1cc(C[C@@H](OC(=O)N2CCC(N3CCc4ccccc4NC3=O)CC2)C(=O)N2CCC(N3CCCCC3)CC2)cc(Br)c1O. The zero-order valence-electron chi connectivity index (χ0n) is 26.8. The number of benzene rings is 2. The summed E-state index contributed by atoms with van der Waals surface area (Å²) in [6.45, 7) is 6.93. The number of rotatable bonds is 6. The van der Waals surface area contributed by atoms with E-state index in [1.165, 1.54) is 19.3 Å². The maximum Gasteiger partial charge on any atom is 0.410 e. The van der Waals surface area contributed by atoms with E-state index in [1.54, 1.807) is 11.0 Å². The summed E-state index contributed by atoms with van der Waals surface area (Å²) in [6, 6.07) is 11.9. The van der Waals surface area contributed by atoms with Crippen molar-refractivity contribution in [3.05, 3.63) is 57.6 Å². The van der Waals surface area contributed by atoms with Crippen LogP contribution in [0.2, 0.25) is 0 Å². The van der Waals surface area contributed by atoms with E-state index in [2.05, 4.69) is 26.1 Å². The lowest BCUT2D eigenvalue weighted by Crippen LogP contribution is -2.53. The van der Waals surface area contributed by atoms with Gasteiger partial charge in [-0.05, 0) is 110 Å². The quantitative estimate of drug-likeness (QED) is 0.411. The first kappa shape index (κ1) is 32.6. The van der Waals surface area contributed by atoms with Crippen molar-refractivity contribution in [2.24, 2.45) is 0 Å². The first-order chi connectivity index (χ1) is 22.3. The maximum absolute atomic E-state index is 14.0. The summed E-state index contributed by atoms with van der Waals surface area (Å²) in [7, 11) is 0. The number of carbonyl (C=O) groups excluding carboxylic acids is 3. The van der Waals surface area contributed by atoms with Gasteiger partial charge in [-0.2, -0.15) is 0 Å². The van der Waals surface area contributed by atoms with Gasteiger partial charge in [-0.1, -0.05) is 30.7 Å². The summed E-state index contributed by atoms with van der Waals surface area (Å²) < 4.78 is 6.59. The van der Waals surface area contributed by atoms with Crippen LogP contribution in [0.1, 0.15) is 61.6 Å². The van der Waals surface area contributed by atoms with E-state index in [-0.39, 0.29) is 30.2 Å².